The minimum Gasteiger partial charge on any atom is -0.338 e. The van der Waals surface area contributed by atoms with Gasteiger partial charge >= 0.3 is 0 Å². The van der Waals surface area contributed by atoms with Crippen molar-refractivity contribution in [3.05, 3.63) is 18.2 Å². The Morgan fingerprint density at radius 3 is 2.86 bits per heavy atom. The molecule has 21 heavy (non-hydrogen) atoms. The Kier molecular flexibility index (Phi) is 7.65. The van der Waals surface area contributed by atoms with E-state index >= 15 is 0 Å². The van der Waals surface area contributed by atoms with E-state index in [9.17, 15) is 0 Å². The lowest BCUT2D eigenvalue weighted by molar-refractivity contribution is 0.500. The number of hydrogen-bond donors (Lipinski definition) is 1. The van der Waals surface area contributed by atoms with Crippen LogP contribution in [0.2, 0.25) is 0 Å². The van der Waals surface area contributed by atoms with Crippen LogP contribution < -0.4 is 5.32 Å². The van der Waals surface area contributed by atoms with Gasteiger partial charge in [0.2, 0.25) is 0 Å². The van der Waals surface area contributed by atoms with E-state index in [1.54, 1.807) is 0 Å². The van der Waals surface area contributed by atoms with E-state index in [2.05, 4.69) is 40.6 Å². The Balaban J connectivity index is 1.75. The van der Waals surface area contributed by atoms with Gasteiger partial charge in [-0.3, -0.25) is 0 Å². The zero-order valence-electron chi connectivity index (χ0n) is 13.7. The van der Waals surface area contributed by atoms with E-state index in [4.69, 9.17) is 0 Å². The molecule has 1 aliphatic rings. The van der Waals surface area contributed by atoms with Crippen molar-refractivity contribution in [3.8, 4) is 0 Å². The third-order valence-electron chi connectivity index (χ3n) is 4.41. The maximum absolute atomic E-state index is 4.45. The quantitative estimate of drug-likeness (QED) is 0.753. The number of nitrogens with zero attached hydrogens (tertiary/aromatic N) is 2. The maximum atomic E-state index is 4.45. The van der Waals surface area contributed by atoms with Crippen LogP contribution in [0.4, 0.5) is 0 Å². The van der Waals surface area contributed by atoms with Crippen molar-refractivity contribution in [1.82, 2.24) is 14.9 Å². The summed E-state index contributed by atoms with van der Waals surface area (Å²) in [5.41, 5.74) is 0. The van der Waals surface area contributed by atoms with Gasteiger partial charge in [-0.2, -0.15) is 11.8 Å². The molecule has 0 aliphatic heterocycles. The largest absolute Gasteiger partial charge is 0.338 e. The van der Waals surface area contributed by atoms with Crippen molar-refractivity contribution >= 4 is 11.8 Å². The first-order chi connectivity index (χ1) is 10.3. The highest BCUT2D eigenvalue weighted by molar-refractivity contribution is 7.99. The van der Waals surface area contributed by atoms with Gasteiger partial charge in [-0.15, -0.1) is 0 Å². The molecule has 120 valence electrons. The van der Waals surface area contributed by atoms with E-state index < -0.39 is 0 Å². The molecule has 1 heterocycles. The Morgan fingerprint density at radius 2 is 2.19 bits per heavy atom. The maximum Gasteiger partial charge on any atom is 0.108 e. The Hall–Kier alpha value is -0.480. The summed E-state index contributed by atoms with van der Waals surface area (Å²) in [6.45, 7) is 3.38. The fraction of sp³-hybridized carbons (Fsp3) is 0.824. The average molecular weight is 310 g/mol. The van der Waals surface area contributed by atoms with Crippen molar-refractivity contribution in [2.75, 3.05) is 12.3 Å². The summed E-state index contributed by atoms with van der Waals surface area (Å²) in [5.74, 6) is 2.47. The van der Waals surface area contributed by atoms with E-state index in [0.29, 0.717) is 6.04 Å². The molecule has 0 spiro atoms. The van der Waals surface area contributed by atoms with E-state index in [1.165, 1.54) is 56.5 Å². The first-order valence-corrected chi connectivity index (χ1v) is 9.65. The van der Waals surface area contributed by atoms with Crippen molar-refractivity contribution in [1.29, 1.82) is 0 Å². The molecule has 0 radical (unpaired) electrons. The smallest absolute Gasteiger partial charge is 0.108 e. The molecule has 1 unspecified atom stereocenters. The van der Waals surface area contributed by atoms with Crippen molar-refractivity contribution < 1.29 is 0 Å². The molecule has 1 saturated carbocycles. The zero-order chi connectivity index (χ0) is 14.9. The molecular formula is C17H31N3S. The third kappa shape index (κ3) is 6.03. The van der Waals surface area contributed by atoms with E-state index in [0.717, 1.165) is 18.2 Å². The summed E-state index contributed by atoms with van der Waals surface area (Å²) >= 11 is 2.21. The van der Waals surface area contributed by atoms with Gasteiger partial charge in [0.25, 0.3) is 0 Å². The summed E-state index contributed by atoms with van der Waals surface area (Å²) in [6.07, 6.45) is 14.6. The van der Waals surface area contributed by atoms with E-state index in [1.807, 2.05) is 12.4 Å². The van der Waals surface area contributed by atoms with Crippen LogP contribution in [0.5, 0.6) is 0 Å². The van der Waals surface area contributed by atoms with Crippen molar-refractivity contribution in [3.63, 3.8) is 0 Å². The number of hydrogen-bond acceptors (Lipinski definition) is 3. The molecule has 1 aromatic rings. The second-order valence-electron chi connectivity index (χ2n) is 6.24. The number of thioether (sulfide) groups is 1. The topological polar surface area (TPSA) is 29.9 Å². The minimum absolute atomic E-state index is 0.633. The fourth-order valence-corrected chi connectivity index (χ4v) is 4.47. The van der Waals surface area contributed by atoms with Gasteiger partial charge in [0.05, 0.1) is 0 Å². The lowest BCUT2D eigenvalue weighted by atomic mass is 10.0. The number of aryl methyl sites for hydroxylation is 2. The van der Waals surface area contributed by atoms with Crippen LogP contribution in [0.3, 0.4) is 0 Å². The zero-order valence-corrected chi connectivity index (χ0v) is 14.5. The summed E-state index contributed by atoms with van der Waals surface area (Å²) in [7, 11) is 2.09. The molecule has 0 bridgehead atoms. The number of imidazole rings is 1. The van der Waals surface area contributed by atoms with Crippen LogP contribution in [0, 0.1) is 0 Å². The highest BCUT2D eigenvalue weighted by atomic mass is 32.2. The van der Waals surface area contributed by atoms with Gasteiger partial charge in [0, 0.05) is 42.9 Å². The average Bonchev–Trinajstić information content (AvgIpc) is 2.93. The highest BCUT2D eigenvalue weighted by Gasteiger charge is 2.17. The molecule has 1 atom stereocenters. The molecule has 0 aromatic carbocycles. The first kappa shape index (κ1) is 16.9. The number of aromatic nitrogens is 2. The molecular weight excluding hydrogens is 278 g/mol. The van der Waals surface area contributed by atoms with Crippen LogP contribution in [-0.2, 0) is 13.5 Å². The Bertz CT molecular complexity index is 385. The van der Waals surface area contributed by atoms with Gasteiger partial charge in [-0.1, -0.05) is 26.2 Å². The van der Waals surface area contributed by atoms with Crippen molar-refractivity contribution in [2.24, 2.45) is 7.05 Å². The van der Waals surface area contributed by atoms with Crippen LogP contribution in [0.1, 0.15) is 57.7 Å². The number of nitrogens with one attached hydrogen (secondary N) is 1. The molecule has 2 rings (SSSR count). The predicted molar refractivity (Wildman–Crippen MR) is 92.9 cm³/mol. The van der Waals surface area contributed by atoms with Gasteiger partial charge in [0.1, 0.15) is 5.82 Å². The van der Waals surface area contributed by atoms with Crippen molar-refractivity contribution in [2.45, 2.75) is 69.6 Å². The second kappa shape index (κ2) is 9.52. The van der Waals surface area contributed by atoms with Gasteiger partial charge in [-0.25, -0.2) is 4.98 Å². The Morgan fingerprint density at radius 1 is 1.38 bits per heavy atom. The summed E-state index contributed by atoms with van der Waals surface area (Å²) in [6, 6.07) is 0.633. The second-order valence-corrected chi connectivity index (χ2v) is 7.57. The highest BCUT2D eigenvalue weighted by Crippen LogP contribution is 2.28. The summed E-state index contributed by atoms with van der Waals surface area (Å²) in [5, 5.41) is 4.65. The van der Waals surface area contributed by atoms with Crippen LogP contribution >= 0.6 is 11.8 Å². The number of rotatable bonds is 9. The van der Waals surface area contributed by atoms with Crippen LogP contribution in [-0.4, -0.2) is 33.1 Å². The molecule has 1 fully saturated rings. The minimum atomic E-state index is 0.633. The predicted octanol–water partition coefficient (Wildman–Crippen LogP) is 3.79. The summed E-state index contributed by atoms with van der Waals surface area (Å²) < 4.78 is 2.14. The van der Waals surface area contributed by atoms with Gasteiger partial charge in [-0.05, 0) is 32.2 Å². The molecule has 0 saturated heterocycles. The first-order valence-electron chi connectivity index (χ1n) is 8.60. The standard InChI is InChI=1S/C17H31N3S/c1-3-11-18-15(9-10-17-19-12-13-20(17)2)14-21-16-7-5-4-6-8-16/h12-13,15-16,18H,3-11,14H2,1-2H3. The fourth-order valence-electron chi connectivity index (χ4n) is 3.02. The normalized spacial score (nSPS) is 18.0. The molecule has 4 heteroatoms. The van der Waals surface area contributed by atoms with Crippen LogP contribution in [0.15, 0.2) is 12.4 Å². The third-order valence-corrected chi connectivity index (χ3v) is 5.94. The molecule has 1 aromatic heterocycles. The lowest BCUT2D eigenvalue weighted by Gasteiger charge is -2.24. The van der Waals surface area contributed by atoms with Gasteiger partial charge in [0.15, 0.2) is 0 Å². The molecule has 1 aliphatic carbocycles. The van der Waals surface area contributed by atoms with E-state index in [-0.39, 0.29) is 0 Å². The van der Waals surface area contributed by atoms with Crippen LogP contribution in [0.25, 0.3) is 0 Å². The summed E-state index contributed by atoms with van der Waals surface area (Å²) in [4.78, 5) is 4.45. The molecule has 1 N–H and O–H groups in total. The lowest BCUT2D eigenvalue weighted by Crippen LogP contribution is -2.33. The molecule has 3 nitrogen and oxygen atoms in total. The Labute approximate surface area is 134 Å². The molecule has 0 amide bonds. The van der Waals surface area contributed by atoms with Gasteiger partial charge < -0.3 is 9.88 Å². The SMILES string of the molecule is CCCNC(CCc1nccn1C)CSC1CCCCC1. The monoisotopic (exact) mass is 309 g/mol.